The van der Waals surface area contributed by atoms with E-state index in [-0.39, 0.29) is 6.29 Å². The van der Waals surface area contributed by atoms with Crippen LogP contribution in [0.5, 0.6) is 0 Å². The average Bonchev–Trinajstić information content (AvgIpc) is 2.95. The SMILES string of the molecule is c1ccc(NN2CCC(C3OCCO3)CC2)cc1. The molecular formula is C14H20N2O2. The summed E-state index contributed by atoms with van der Waals surface area (Å²) in [6.45, 7) is 3.60. The van der Waals surface area contributed by atoms with E-state index in [1.165, 1.54) is 0 Å². The number of hydrogen-bond acceptors (Lipinski definition) is 4. The minimum Gasteiger partial charge on any atom is -0.350 e. The molecule has 18 heavy (non-hydrogen) atoms. The highest BCUT2D eigenvalue weighted by atomic mass is 16.7. The predicted octanol–water partition coefficient (Wildman–Crippen LogP) is 2.10. The monoisotopic (exact) mass is 248 g/mol. The van der Waals surface area contributed by atoms with Crippen LogP contribution in [-0.2, 0) is 9.47 Å². The maximum absolute atomic E-state index is 5.58. The van der Waals surface area contributed by atoms with E-state index in [9.17, 15) is 0 Å². The van der Waals surface area contributed by atoms with Gasteiger partial charge in [0.05, 0.1) is 13.2 Å². The number of piperidine rings is 1. The molecule has 2 aliphatic rings. The van der Waals surface area contributed by atoms with Crippen molar-refractivity contribution in [1.29, 1.82) is 0 Å². The third kappa shape index (κ3) is 2.83. The van der Waals surface area contributed by atoms with Crippen molar-refractivity contribution < 1.29 is 9.47 Å². The van der Waals surface area contributed by atoms with Crippen LogP contribution in [0.2, 0.25) is 0 Å². The van der Waals surface area contributed by atoms with Crippen LogP contribution in [0.25, 0.3) is 0 Å². The Bertz CT molecular complexity index is 357. The van der Waals surface area contributed by atoms with E-state index in [1.54, 1.807) is 0 Å². The van der Waals surface area contributed by atoms with Gasteiger partial charge in [0.1, 0.15) is 0 Å². The minimum atomic E-state index is 0.0453. The van der Waals surface area contributed by atoms with E-state index >= 15 is 0 Å². The summed E-state index contributed by atoms with van der Waals surface area (Å²) in [4.78, 5) is 0. The summed E-state index contributed by atoms with van der Waals surface area (Å²) in [5.74, 6) is 0.557. The molecule has 0 unspecified atom stereocenters. The fourth-order valence-electron chi connectivity index (χ4n) is 2.63. The van der Waals surface area contributed by atoms with Gasteiger partial charge in [-0.05, 0) is 25.0 Å². The van der Waals surface area contributed by atoms with Gasteiger partial charge in [0.2, 0.25) is 0 Å². The van der Waals surface area contributed by atoms with Crippen molar-refractivity contribution >= 4 is 5.69 Å². The zero-order valence-corrected chi connectivity index (χ0v) is 10.5. The van der Waals surface area contributed by atoms with Crippen molar-refractivity contribution in [2.75, 3.05) is 31.7 Å². The molecule has 2 fully saturated rings. The van der Waals surface area contributed by atoms with Gasteiger partial charge in [-0.25, -0.2) is 5.01 Å². The van der Waals surface area contributed by atoms with Crippen molar-refractivity contribution in [3.63, 3.8) is 0 Å². The van der Waals surface area contributed by atoms with Crippen LogP contribution in [0, 0.1) is 5.92 Å². The van der Waals surface area contributed by atoms with Gasteiger partial charge >= 0.3 is 0 Å². The van der Waals surface area contributed by atoms with E-state index in [0.29, 0.717) is 5.92 Å². The molecule has 0 amide bonds. The Balaban J connectivity index is 1.48. The normalized spacial score (nSPS) is 23.3. The quantitative estimate of drug-likeness (QED) is 0.888. The number of nitrogens with zero attached hydrogens (tertiary/aromatic N) is 1. The summed E-state index contributed by atoms with van der Waals surface area (Å²) >= 11 is 0. The van der Waals surface area contributed by atoms with Crippen LogP contribution in [0.1, 0.15) is 12.8 Å². The zero-order chi connectivity index (χ0) is 12.2. The first-order valence-corrected chi connectivity index (χ1v) is 6.72. The van der Waals surface area contributed by atoms with Crippen LogP contribution in [0.4, 0.5) is 5.69 Å². The van der Waals surface area contributed by atoms with Crippen molar-refractivity contribution in [3.05, 3.63) is 30.3 Å². The molecule has 1 aromatic carbocycles. The van der Waals surface area contributed by atoms with E-state index in [2.05, 4.69) is 34.7 Å². The van der Waals surface area contributed by atoms with Crippen molar-refractivity contribution in [3.8, 4) is 0 Å². The third-order valence-electron chi connectivity index (χ3n) is 3.63. The Morgan fingerprint density at radius 3 is 2.33 bits per heavy atom. The van der Waals surface area contributed by atoms with E-state index in [0.717, 1.165) is 44.8 Å². The van der Waals surface area contributed by atoms with Crippen LogP contribution in [-0.4, -0.2) is 37.6 Å². The van der Waals surface area contributed by atoms with Crippen molar-refractivity contribution in [1.82, 2.24) is 5.01 Å². The Labute approximate surface area is 108 Å². The summed E-state index contributed by atoms with van der Waals surface area (Å²) in [6, 6.07) is 10.3. The highest BCUT2D eigenvalue weighted by Gasteiger charge is 2.30. The van der Waals surface area contributed by atoms with E-state index in [4.69, 9.17) is 9.47 Å². The van der Waals surface area contributed by atoms with Gasteiger partial charge in [-0.3, -0.25) is 0 Å². The van der Waals surface area contributed by atoms with Gasteiger partial charge in [-0.15, -0.1) is 0 Å². The number of ether oxygens (including phenoxy) is 2. The molecule has 3 rings (SSSR count). The fraction of sp³-hybridized carbons (Fsp3) is 0.571. The minimum absolute atomic E-state index is 0.0453. The smallest absolute Gasteiger partial charge is 0.160 e. The lowest BCUT2D eigenvalue weighted by molar-refractivity contribution is -0.0962. The number of hydrogen-bond donors (Lipinski definition) is 1. The number of nitrogens with one attached hydrogen (secondary N) is 1. The molecule has 0 saturated carbocycles. The molecule has 0 aliphatic carbocycles. The lowest BCUT2D eigenvalue weighted by atomic mass is 9.97. The molecule has 1 N–H and O–H groups in total. The summed E-state index contributed by atoms with van der Waals surface area (Å²) in [5.41, 5.74) is 4.60. The predicted molar refractivity (Wildman–Crippen MR) is 70.1 cm³/mol. The van der Waals surface area contributed by atoms with Gasteiger partial charge in [0, 0.05) is 24.7 Å². The largest absolute Gasteiger partial charge is 0.350 e. The zero-order valence-electron chi connectivity index (χ0n) is 10.5. The molecule has 4 nitrogen and oxygen atoms in total. The highest BCUT2D eigenvalue weighted by Crippen LogP contribution is 2.25. The van der Waals surface area contributed by atoms with Crippen LogP contribution >= 0.6 is 0 Å². The van der Waals surface area contributed by atoms with Gasteiger partial charge in [0.15, 0.2) is 6.29 Å². The van der Waals surface area contributed by atoms with Gasteiger partial charge in [0.25, 0.3) is 0 Å². The Morgan fingerprint density at radius 1 is 1.00 bits per heavy atom. The van der Waals surface area contributed by atoms with Crippen LogP contribution in [0.15, 0.2) is 30.3 Å². The van der Waals surface area contributed by atoms with E-state index in [1.807, 2.05) is 6.07 Å². The molecule has 0 spiro atoms. The number of para-hydroxylation sites is 1. The summed E-state index contributed by atoms with van der Waals surface area (Å²) in [6.07, 6.45) is 2.30. The standard InChI is InChI=1S/C14H20N2O2/c1-2-4-13(5-3-1)15-16-8-6-12(7-9-16)14-17-10-11-18-14/h1-5,12,14-15H,6-11H2. The molecule has 4 heteroatoms. The summed E-state index contributed by atoms with van der Waals surface area (Å²) in [5, 5.41) is 2.28. The topological polar surface area (TPSA) is 33.7 Å². The molecule has 2 heterocycles. The molecular weight excluding hydrogens is 228 g/mol. The van der Waals surface area contributed by atoms with Crippen LogP contribution in [0.3, 0.4) is 0 Å². The Morgan fingerprint density at radius 2 is 1.67 bits per heavy atom. The third-order valence-corrected chi connectivity index (χ3v) is 3.63. The number of hydrazine groups is 1. The van der Waals surface area contributed by atoms with Crippen molar-refractivity contribution in [2.24, 2.45) is 5.92 Å². The second-order valence-corrected chi connectivity index (χ2v) is 4.91. The summed E-state index contributed by atoms with van der Waals surface area (Å²) in [7, 11) is 0. The average molecular weight is 248 g/mol. The highest BCUT2D eigenvalue weighted by molar-refractivity contribution is 5.41. The molecule has 2 aliphatic heterocycles. The maximum atomic E-state index is 5.58. The number of rotatable bonds is 3. The Kier molecular flexibility index (Phi) is 3.78. The first kappa shape index (κ1) is 12.0. The first-order valence-electron chi connectivity index (χ1n) is 6.72. The van der Waals surface area contributed by atoms with Gasteiger partial charge in [-0.1, -0.05) is 18.2 Å². The van der Waals surface area contributed by atoms with Crippen molar-refractivity contribution in [2.45, 2.75) is 19.1 Å². The second-order valence-electron chi connectivity index (χ2n) is 4.91. The fourth-order valence-corrected chi connectivity index (χ4v) is 2.63. The number of anilines is 1. The lowest BCUT2D eigenvalue weighted by Gasteiger charge is -2.34. The van der Waals surface area contributed by atoms with Crippen LogP contribution < -0.4 is 5.43 Å². The second kappa shape index (κ2) is 5.69. The number of benzene rings is 1. The first-order chi connectivity index (χ1) is 8.92. The molecule has 0 radical (unpaired) electrons. The Hall–Kier alpha value is -1.10. The maximum Gasteiger partial charge on any atom is 0.160 e. The van der Waals surface area contributed by atoms with Gasteiger partial charge < -0.3 is 14.9 Å². The molecule has 2 saturated heterocycles. The molecule has 0 aromatic heterocycles. The molecule has 1 aromatic rings. The molecule has 98 valence electrons. The molecule has 0 bridgehead atoms. The van der Waals surface area contributed by atoms with Gasteiger partial charge in [-0.2, -0.15) is 0 Å². The van der Waals surface area contributed by atoms with E-state index < -0.39 is 0 Å². The molecule has 0 atom stereocenters. The summed E-state index contributed by atoms with van der Waals surface area (Å²) < 4.78 is 11.2. The lowest BCUT2D eigenvalue weighted by Crippen LogP contribution is -2.41.